The van der Waals surface area contributed by atoms with Gasteiger partial charge in [0.25, 0.3) is 0 Å². The van der Waals surface area contributed by atoms with E-state index in [1.165, 1.54) is 20.1 Å². The van der Waals surface area contributed by atoms with Crippen molar-refractivity contribution in [2.45, 2.75) is 13.0 Å². The summed E-state index contributed by atoms with van der Waals surface area (Å²) in [4.78, 5) is 2.44. The van der Waals surface area contributed by atoms with Crippen LogP contribution in [0.15, 0.2) is 18.2 Å². The molecule has 2 aliphatic rings. The summed E-state index contributed by atoms with van der Waals surface area (Å²) in [6.07, 6.45) is 1.26. The molecular formula is C15H22ClFN2O. The van der Waals surface area contributed by atoms with E-state index >= 15 is 0 Å². The molecule has 20 heavy (non-hydrogen) atoms. The molecule has 3 rings (SSSR count). The standard InChI is InChI=1S/C15H21FN2O.ClH/c1-19-15-3-2-11(6-14(15)16)9-18-5-4-12-7-17-8-13(12)10-18;/h2-3,6,12-13,17H,4-5,7-10H2,1H3;1H. The van der Waals surface area contributed by atoms with Gasteiger partial charge in [0.1, 0.15) is 0 Å². The monoisotopic (exact) mass is 300 g/mol. The molecule has 1 N–H and O–H groups in total. The number of fused-ring (bicyclic) bond motifs is 1. The van der Waals surface area contributed by atoms with E-state index in [1.54, 1.807) is 12.1 Å². The fourth-order valence-corrected chi connectivity index (χ4v) is 3.32. The van der Waals surface area contributed by atoms with E-state index in [1.807, 2.05) is 6.07 Å². The van der Waals surface area contributed by atoms with Gasteiger partial charge in [0, 0.05) is 13.1 Å². The maximum Gasteiger partial charge on any atom is 0.165 e. The van der Waals surface area contributed by atoms with Gasteiger partial charge in [-0.25, -0.2) is 4.39 Å². The predicted molar refractivity (Wildman–Crippen MR) is 79.9 cm³/mol. The quantitative estimate of drug-likeness (QED) is 0.927. The van der Waals surface area contributed by atoms with Gasteiger partial charge in [0.15, 0.2) is 11.6 Å². The summed E-state index contributed by atoms with van der Waals surface area (Å²) in [7, 11) is 1.50. The molecule has 1 aromatic rings. The number of hydrogen-bond acceptors (Lipinski definition) is 3. The van der Waals surface area contributed by atoms with Gasteiger partial charge in [0.05, 0.1) is 7.11 Å². The lowest BCUT2D eigenvalue weighted by Gasteiger charge is -2.34. The minimum atomic E-state index is -0.266. The Kier molecular flexibility index (Phi) is 5.24. The lowest BCUT2D eigenvalue weighted by atomic mass is 9.88. The first-order chi connectivity index (χ1) is 9.26. The van der Waals surface area contributed by atoms with Crippen LogP contribution in [0, 0.1) is 17.7 Å². The molecule has 2 unspecified atom stereocenters. The van der Waals surface area contributed by atoms with Crippen LogP contribution >= 0.6 is 12.4 Å². The normalized spacial score (nSPS) is 25.9. The van der Waals surface area contributed by atoms with Crippen LogP contribution in [0.1, 0.15) is 12.0 Å². The number of piperidine rings is 1. The van der Waals surface area contributed by atoms with Crippen molar-refractivity contribution in [1.82, 2.24) is 10.2 Å². The number of methoxy groups -OCH3 is 1. The maximum absolute atomic E-state index is 13.7. The first-order valence-corrected chi connectivity index (χ1v) is 7.02. The fourth-order valence-electron chi connectivity index (χ4n) is 3.32. The Labute approximate surface area is 125 Å². The van der Waals surface area contributed by atoms with Gasteiger partial charge < -0.3 is 10.1 Å². The summed E-state index contributed by atoms with van der Waals surface area (Å²) in [6, 6.07) is 5.27. The molecule has 0 aliphatic carbocycles. The number of likely N-dealkylation sites (tertiary alicyclic amines) is 1. The Morgan fingerprint density at radius 2 is 2.15 bits per heavy atom. The largest absolute Gasteiger partial charge is 0.494 e. The maximum atomic E-state index is 13.7. The van der Waals surface area contributed by atoms with Crippen LogP contribution in [-0.4, -0.2) is 38.2 Å². The molecule has 2 heterocycles. The number of ether oxygens (including phenoxy) is 1. The van der Waals surface area contributed by atoms with Gasteiger partial charge in [-0.1, -0.05) is 6.07 Å². The van der Waals surface area contributed by atoms with Gasteiger partial charge in [-0.2, -0.15) is 0 Å². The third-order valence-corrected chi connectivity index (χ3v) is 4.41. The Morgan fingerprint density at radius 3 is 2.90 bits per heavy atom. The van der Waals surface area contributed by atoms with Crippen molar-refractivity contribution in [3.8, 4) is 5.75 Å². The highest BCUT2D eigenvalue weighted by molar-refractivity contribution is 5.85. The highest BCUT2D eigenvalue weighted by Gasteiger charge is 2.32. The molecule has 1 aromatic carbocycles. The van der Waals surface area contributed by atoms with Crippen molar-refractivity contribution < 1.29 is 9.13 Å². The van der Waals surface area contributed by atoms with Crippen LogP contribution in [0.5, 0.6) is 5.75 Å². The Balaban J connectivity index is 0.00000147. The summed E-state index contributed by atoms with van der Waals surface area (Å²) in [5.41, 5.74) is 1.03. The van der Waals surface area contributed by atoms with Gasteiger partial charge >= 0.3 is 0 Å². The second kappa shape index (κ2) is 6.74. The second-order valence-corrected chi connectivity index (χ2v) is 5.67. The van der Waals surface area contributed by atoms with Crippen LogP contribution in [0.4, 0.5) is 4.39 Å². The summed E-state index contributed by atoms with van der Waals surface area (Å²) in [5, 5.41) is 3.47. The molecule has 112 valence electrons. The molecule has 0 radical (unpaired) electrons. The third-order valence-electron chi connectivity index (χ3n) is 4.41. The van der Waals surface area contributed by atoms with Crippen molar-refractivity contribution in [3.63, 3.8) is 0 Å². The topological polar surface area (TPSA) is 24.5 Å². The van der Waals surface area contributed by atoms with E-state index in [0.717, 1.165) is 43.6 Å². The number of nitrogens with zero attached hydrogens (tertiary/aromatic N) is 1. The van der Waals surface area contributed by atoms with Crippen LogP contribution in [0.2, 0.25) is 0 Å². The van der Waals surface area contributed by atoms with Crippen LogP contribution < -0.4 is 10.1 Å². The van der Waals surface area contributed by atoms with E-state index in [9.17, 15) is 4.39 Å². The molecule has 0 amide bonds. The van der Waals surface area contributed by atoms with Crippen molar-refractivity contribution in [3.05, 3.63) is 29.6 Å². The van der Waals surface area contributed by atoms with Crippen LogP contribution in [-0.2, 0) is 6.54 Å². The van der Waals surface area contributed by atoms with E-state index in [0.29, 0.717) is 5.75 Å². The molecule has 0 spiro atoms. The van der Waals surface area contributed by atoms with E-state index in [4.69, 9.17) is 4.74 Å². The molecule has 2 fully saturated rings. The first-order valence-electron chi connectivity index (χ1n) is 7.02. The van der Waals surface area contributed by atoms with Crippen molar-refractivity contribution in [1.29, 1.82) is 0 Å². The average Bonchev–Trinajstić information content (AvgIpc) is 2.86. The fraction of sp³-hybridized carbons (Fsp3) is 0.600. The zero-order valence-electron chi connectivity index (χ0n) is 11.8. The molecule has 0 bridgehead atoms. The highest BCUT2D eigenvalue weighted by Crippen LogP contribution is 2.27. The van der Waals surface area contributed by atoms with Crippen molar-refractivity contribution in [2.75, 3.05) is 33.3 Å². The van der Waals surface area contributed by atoms with E-state index in [2.05, 4.69) is 10.2 Å². The lowest BCUT2D eigenvalue weighted by molar-refractivity contribution is 0.142. The molecule has 2 saturated heterocycles. The first kappa shape index (κ1) is 15.5. The molecule has 3 nitrogen and oxygen atoms in total. The Bertz CT molecular complexity index is 457. The average molecular weight is 301 g/mol. The molecule has 2 aliphatic heterocycles. The summed E-state index contributed by atoms with van der Waals surface area (Å²) < 4.78 is 18.6. The summed E-state index contributed by atoms with van der Waals surface area (Å²) in [5.74, 6) is 1.68. The van der Waals surface area contributed by atoms with E-state index < -0.39 is 0 Å². The minimum Gasteiger partial charge on any atom is -0.494 e. The molecule has 5 heteroatoms. The Hall–Kier alpha value is -0.840. The second-order valence-electron chi connectivity index (χ2n) is 5.67. The third kappa shape index (κ3) is 3.25. The highest BCUT2D eigenvalue weighted by atomic mass is 35.5. The van der Waals surface area contributed by atoms with E-state index in [-0.39, 0.29) is 18.2 Å². The molecule has 2 atom stereocenters. The summed E-state index contributed by atoms with van der Waals surface area (Å²) in [6.45, 7) is 5.40. The van der Waals surface area contributed by atoms with Crippen molar-refractivity contribution >= 4 is 12.4 Å². The predicted octanol–water partition coefficient (Wildman–Crippen LogP) is 2.30. The smallest absolute Gasteiger partial charge is 0.165 e. The Morgan fingerprint density at radius 1 is 1.35 bits per heavy atom. The molecule has 0 saturated carbocycles. The number of rotatable bonds is 3. The SMILES string of the molecule is COc1ccc(CN2CCC3CNCC3C2)cc1F.Cl. The van der Waals surface area contributed by atoms with Gasteiger partial charge in [0.2, 0.25) is 0 Å². The number of halogens is 2. The van der Waals surface area contributed by atoms with Gasteiger partial charge in [-0.3, -0.25) is 4.90 Å². The van der Waals surface area contributed by atoms with Crippen LogP contribution in [0.3, 0.4) is 0 Å². The molecular weight excluding hydrogens is 279 g/mol. The zero-order chi connectivity index (χ0) is 13.2. The minimum absolute atomic E-state index is 0. The summed E-state index contributed by atoms with van der Waals surface area (Å²) >= 11 is 0. The number of hydrogen-bond donors (Lipinski definition) is 1. The van der Waals surface area contributed by atoms with Crippen molar-refractivity contribution in [2.24, 2.45) is 11.8 Å². The lowest BCUT2D eigenvalue weighted by Crippen LogP contribution is -2.39. The number of benzene rings is 1. The zero-order valence-corrected chi connectivity index (χ0v) is 12.6. The van der Waals surface area contributed by atoms with Gasteiger partial charge in [-0.15, -0.1) is 12.4 Å². The van der Waals surface area contributed by atoms with Crippen LogP contribution in [0.25, 0.3) is 0 Å². The molecule has 0 aromatic heterocycles. The van der Waals surface area contributed by atoms with Gasteiger partial charge in [-0.05, 0) is 55.6 Å². The number of nitrogens with one attached hydrogen (secondary N) is 1.